The van der Waals surface area contributed by atoms with Gasteiger partial charge >= 0.3 is 0 Å². The van der Waals surface area contributed by atoms with Crippen molar-refractivity contribution >= 4 is 11.5 Å². The summed E-state index contributed by atoms with van der Waals surface area (Å²) in [7, 11) is 0. The Balaban J connectivity index is 1.79. The highest BCUT2D eigenvalue weighted by Crippen LogP contribution is 2.09. The molecule has 0 fully saturated rings. The standard InChI is InChI=1S/C14H14N4/c15-13-8-9-14-16-12(10-18(14)17-13)7-6-11-4-2-1-3-5-11/h1-5,8-10H,6-7H2,(H2,15,17). The van der Waals surface area contributed by atoms with E-state index in [1.54, 1.807) is 10.6 Å². The minimum Gasteiger partial charge on any atom is -0.382 e. The van der Waals surface area contributed by atoms with Gasteiger partial charge in [-0.25, -0.2) is 9.50 Å². The molecule has 0 aliphatic rings. The number of benzene rings is 1. The van der Waals surface area contributed by atoms with Crippen LogP contribution in [0.5, 0.6) is 0 Å². The van der Waals surface area contributed by atoms with Crippen molar-refractivity contribution in [3.05, 3.63) is 59.9 Å². The molecule has 18 heavy (non-hydrogen) atoms. The second kappa shape index (κ2) is 4.49. The van der Waals surface area contributed by atoms with Crippen molar-refractivity contribution in [2.45, 2.75) is 12.8 Å². The van der Waals surface area contributed by atoms with Gasteiger partial charge in [0, 0.05) is 0 Å². The van der Waals surface area contributed by atoms with Gasteiger partial charge in [-0.15, -0.1) is 5.10 Å². The fourth-order valence-electron chi connectivity index (χ4n) is 1.98. The van der Waals surface area contributed by atoms with Crippen molar-refractivity contribution in [1.29, 1.82) is 0 Å². The van der Waals surface area contributed by atoms with Crippen LogP contribution in [0.2, 0.25) is 0 Å². The van der Waals surface area contributed by atoms with Crippen molar-refractivity contribution in [2.75, 3.05) is 5.73 Å². The highest BCUT2D eigenvalue weighted by molar-refractivity contribution is 5.43. The third kappa shape index (κ3) is 2.18. The maximum atomic E-state index is 5.64. The van der Waals surface area contributed by atoms with E-state index < -0.39 is 0 Å². The average molecular weight is 238 g/mol. The summed E-state index contributed by atoms with van der Waals surface area (Å²) < 4.78 is 1.73. The highest BCUT2D eigenvalue weighted by Gasteiger charge is 2.03. The monoisotopic (exact) mass is 238 g/mol. The number of imidazole rings is 1. The molecule has 2 N–H and O–H groups in total. The molecule has 0 aliphatic carbocycles. The predicted molar refractivity (Wildman–Crippen MR) is 71.2 cm³/mol. The number of nitrogens with two attached hydrogens (primary N) is 1. The van der Waals surface area contributed by atoms with Gasteiger partial charge in [0.05, 0.1) is 11.9 Å². The van der Waals surface area contributed by atoms with Crippen LogP contribution < -0.4 is 5.73 Å². The van der Waals surface area contributed by atoms with Gasteiger partial charge in [-0.05, 0) is 30.5 Å². The van der Waals surface area contributed by atoms with Crippen LogP contribution in [0.25, 0.3) is 5.65 Å². The number of fused-ring (bicyclic) bond motifs is 1. The Morgan fingerprint density at radius 1 is 1.00 bits per heavy atom. The molecule has 0 aliphatic heterocycles. The van der Waals surface area contributed by atoms with Crippen LogP contribution in [0, 0.1) is 0 Å². The van der Waals surface area contributed by atoms with Crippen molar-refractivity contribution in [1.82, 2.24) is 14.6 Å². The fraction of sp³-hybridized carbons (Fsp3) is 0.143. The van der Waals surface area contributed by atoms with Crippen molar-refractivity contribution in [2.24, 2.45) is 0 Å². The Morgan fingerprint density at radius 3 is 2.67 bits per heavy atom. The zero-order valence-electron chi connectivity index (χ0n) is 9.95. The first kappa shape index (κ1) is 10.8. The van der Waals surface area contributed by atoms with Crippen LogP contribution >= 0.6 is 0 Å². The summed E-state index contributed by atoms with van der Waals surface area (Å²) >= 11 is 0. The third-order valence-electron chi connectivity index (χ3n) is 2.90. The molecular weight excluding hydrogens is 224 g/mol. The molecule has 0 amide bonds. The minimum atomic E-state index is 0.509. The molecule has 0 radical (unpaired) electrons. The molecular formula is C14H14N4. The Labute approximate surface area is 105 Å². The largest absolute Gasteiger partial charge is 0.382 e. The summed E-state index contributed by atoms with van der Waals surface area (Å²) in [6.45, 7) is 0. The first-order valence-corrected chi connectivity index (χ1v) is 5.96. The molecule has 0 saturated carbocycles. The lowest BCUT2D eigenvalue weighted by molar-refractivity contribution is 0.912. The topological polar surface area (TPSA) is 56.2 Å². The van der Waals surface area contributed by atoms with E-state index in [0.29, 0.717) is 5.82 Å². The first-order valence-electron chi connectivity index (χ1n) is 5.96. The second-order valence-electron chi connectivity index (χ2n) is 4.28. The molecule has 90 valence electrons. The quantitative estimate of drug-likeness (QED) is 0.760. The van der Waals surface area contributed by atoms with Gasteiger partial charge in [0.25, 0.3) is 0 Å². The molecule has 3 aromatic rings. The zero-order chi connectivity index (χ0) is 12.4. The van der Waals surface area contributed by atoms with Gasteiger partial charge < -0.3 is 5.73 Å². The van der Waals surface area contributed by atoms with E-state index in [1.165, 1.54) is 5.56 Å². The second-order valence-corrected chi connectivity index (χ2v) is 4.28. The van der Waals surface area contributed by atoms with E-state index in [9.17, 15) is 0 Å². The lowest BCUT2D eigenvalue weighted by Crippen LogP contribution is -1.95. The number of aromatic nitrogens is 3. The van der Waals surface area contributed by atoms with Gasteiger partial charge in [0.2, 0.25) is 0 Å². The lowest BCUT2D eigenvalue weighted by Gasteiger charge is -1.97. The lowest BCUT2D eigenvalue weighted by atomic mass is 10.1. The van der Waals surface area contributed by atoms with Gasteiger partial charge in [0.15, 0.2) is 5.65 Å². The van der Waals surface area contributed by atoms with Gasteiger partial charge in [0.1, 0.15) is 5.82 Å². The SMILES string of the molecule is Nc1ccc2nc(CCc3ccccc3)cn2n1. The van der Waals surface area contributed by atoms with Gasteiger partial charge in [-0.2, -0.15) is 0 Å². The van der Waals surface area contributed by atoms with Crippen LogP contribution in [0.4, 0.5) is 5.82 Å². The van der Waals surface area contributed by atoms with E-state index >= 15 is 0 Å². The maximum absolute atomic E-state index is 5.64. The molecule has 0 saturated heterocycles. The zero-order valence-corrected chi connectivity index (χ0v) is 9.95. The number of hydrogen-bond donors (Lipinski definition) is 1. The van der Waals surface area contributed by atoms with Gasteiger partial charge in [-0.3, -0.25) is 0 Å². The first-order chi connectivity index (χ1) is 8.81. The Bertz CT molecular complexity index is 658. The Morgan fingerprint density at radius 2 is 1.83 bits per heavy atom. The number of nitrogens with zero attached hydrogens (tertiary/aromatic N) is 3. The normalized spacial score (nSPS) is 10.9. The molecule has 2 heterocycles. The smallest absolute Gasteiger partial charge is 0.153 e. The molecule has 1 aromatic carbocycles. The van der Waals surface area contributed by atoms with E-state index in [2.05, 4.69) is 34.3 Å². The Kier molecular flexibility index (Phi) is 2.68. The summed E-state index contributed by atoms with van der Waals surface area (Å²) in [6.07, 6.45) is 3.84. The molecule has 4 nitrogen and oxygen atoms in total. The average Bonchev–Trinajstić information content (AvgIpc) is 2.79. The third-order valence-corrected chi connectivity index (χ3v) is 2.90. The van der Waals surface area contributed by atoms with Crippen LogP contribution in [0.1, 0.15) is 11.3 Å². The predicted octanol–water partition coefficient (Wildman–Crippen LogP) is 2.10. The van der Waals surface area contributed by atoms with Crippen LogP contribution in [-0.4, -0.2) is 14.6 Å². The van der Waals surface area contributed by atoms with Crippen molar-refractivity contribution in [3.8, 4) is 0 Å². The van der Waals surface area contributed by atoms with E-state index in [0.717, 1.165) is 24.2 Å². The highest BCUT2D eigenvalue weighted by atomic mass is 15.3. The summed E-state index contributed by atoms with van der Waals surface area (Å²) in [5.41, 5.74) is 8.84. The van der Waals surface area contributed by atoms with Gasteiger partial charge in [-0.1, -0.05) is 30.3 Å². The molecule has 0 atom stereocenters. The van der Waals surface area contributed by atoms with Crippen molar-refractivity contribution in [3.63, 3.8) is 0 Å². The molecule has 3 rings (SSSR count). The molecule has 2 aromatic heterocycles. The molecule has 0 bridgehead atoms. The number of aryl methyl sites for hydroxylation is 2. The number of nitrogen functional groups attached to an aromatic ring is 1. The summed E-state index contributed by atoms with van der Waals surface area (Å²) in [5.74, 6) is 0.509. The van der Waals surface area contributed by atoms with E-state index in [-0.39, 0.29) is 0 Å². The van der Waals surface area contributed by atoms with E-state index in [4.69, 9.17) is 5.73 Å². The number of hydrogen-bond acceptors (Lipinski definition) is 3. The summed E-state index contributed by atoms with van der Waals surface area (Å²) in [6, 6.07) is 14.1. The number of anilines is 1. The maximum Gasteiger partial charge on any atom is 0.153 e. The fourth-order valence-corrected chi connectivity index (χ4v) is 1.98. The van der Waals surface area contributed by atoms with Crippen molar-refractivity contribution < 1.29 is 0 Å². The molecule has 4 heteroatoms. The summed E-state index contributed by atoms with van der Waals surface area (Å²) in [5, 5.41) is 4.18. The molecule has 0 spiro atoms. The Hall–Kier alpha value is -2.36. The van der Waals surface area contributed by atoms with Crippen LogP contribution in [0.15, 0.2) is 48.7 Å². The van der Waals surface area contributed by atoms with Crippen LogP contribution in [0.3, 0.4) is 0 Å². The number of rotatable bonds is 3. The summed E-state index contributed by atoms with van der Waals surface area (Å²) in [4.78, 5) is 4.51. The minimum absolute atomic E-state index is 0.509. The van der Waals surface area contributed by atoms with E-state index in [1.807, 2.05) is 18.3 Å². The molecule has 0 unspecified atom stereocenters. The van der Waals surface area contributed by atoms with Crippen LogP contribution in [-0.2, 0) is 12.8 Å².